The van der Waals surface area contributed by atoms with Crippen molar-refractivity contribution in [1.29, 1.82) is 0 Å². The summed E-state index contributed by atoms with van der Waals surface area (Å²) >= 11 is 0. The summed E-state index contributed by atoms with van der Waals surface area (Å²) in [5.74, 6) is -0.324. The van der Waals surface area contributed by atoms with E-state index in [-0.39, 0.29) is 5.82 Å². The van der Waals surface area contributed by atoms with E-state index >= 15 is 0 Å². The molecule has 0 saturated heterocycles. The van der Waals surface area contributed by atoms with Crippen LogP contribution in [0.3, 0.4) is 0 Å². The average Bonchev–Trinajstić information content (AvgIpc) is 2.56. The first-order valence-electron chi connectivity index (χ1n) is 4.21. The molecule has 1 N–H and O–H groups in total. The number of halogens is 1. The topological polar surface area (TPSA) is 41.6 Å². The SMILES string of the molecule is Fc1cnc2[nH]c3cnccc3c2c1. The normalized spacial score (nSPS) is 11.2. The molecular formula is C10H6FN3. The summed E-state index contributed by atoms with van der Waals surface area (Å²) < 4.78 is 13.0. The number of H-pyrrole nitrogens is 1. The Balaban J connectivity index is 2.58. The first kappa shape index (κ1) is 7.44. The summed E-state index contributed by atoms with van der Waals surface area (Å²) in [7, 11) is 0. The van der Waals surface area contributed by atoms with Crippen LogP contribution in [0.15, 0.2) is 30.7 Å². The monoisotopic (exact) mass is 187 g/mol. The Morgan fingerprint density at radius 3 is 3.07 bits per heavy atom. The molecule has 0 unspecified atom stereocenters. The van der Waals surface area contributed by atoms with Gasteiger partial charge in [0.05, 0.1) is 17.9 Å². The van der Waals surface area contributed by atoms with Crippen molar-refractivity contribution in [1.82, 2.24) is 15.0 Å². The summed E-state index contributed by atoms with van der Waals surface area (Å²) in [4.78, 5) is 11.0. The predicted octanol–water partition coefficient (Wildman–Crippen LogP) is 2.25. The fraction of sp³-hybridized carbons (Fsp3) is 0. The lowest BCUT2D eigenvalue weighted by Crippen LogP contribution is -1.78. The third kappa shape index (κ3) is 0.907. The van der Waals surface area contributed by atoms with Crippen molar-refractivity contribution >= 4 is 21.9 Å². The number of aromatic amines is 1. The van der Waals surface area contributed by atoms with Crippen LogP contribution in [0.2, 0.25) is 0 Å². The first-order chi connectivity index (χ1) is 6.84. The maximum Gasteiger partial charge on any atom is 0.142 e. The van der Waals surface area contributed by atoms with Crippen LogP contribution < -0.4 is 0 Å². The lowest BCUT2D eigenvalue weighted by atomic mass is 10.2. The van der Waals surface area contributed by atoms with Gasteiger partial charge >= 0.3 is 0 Å². The fourth-order valence-corrected chi connectivity index (χ4v) is 1.60. The Hall–Kier alpha value is -1.97. The van der Waals surface area contributed by atoms with E-state index in [1.165, 1.54) is 12.3 Å². The molecule has 0 spiro atoms. The summed E-state index contributed by atoms with van der Waals surface area (Å²) in [6.07, 6.45) is 4.58. The molecule has 0 amide bonds. The molecule has 0 atom stereocenters. The van der Waals surface area contributed by atoms with Crippen molar-refractivity contribution in [2.45, 2.75) is 0 Å². The number of nitrogens with one attached hydrogen (secondary N) is 1. The number of pyridine rings is 2. The average molecular weight is 187 g/mol. The number of nitrogens with zero attached hydrogens (tertiary/aromatic N) is 2. The number of hydrogen-bond donors (Lipinski definition) is 1. The molecule has 0 aliphatic rings. The van der Waals surface area contributed by atoms with Crippen LogP contribution in [0.4, 0.5) is 4.39 Å². The molecule has 3 heterocycles. The van der Waals surface area contributed by atoms with Crippen LogP contribution in [0.25, 0.3) is 21.9 Å². The fourth-order valence-electron chi connectivity index (χ4n) is 1.60. The molecule has 14 heavy (non-hydrogen) atoms. The molecule has 0 saturated carbocycles. The highest BCUT2D eigenvalue weighted by atomic mass is 19.1. The molecule has 3 aromatic rings. The molecule has 3 aromatic heterocycles. The molecule has 0 aliphatic heterocycles. The summed E-state index contributed by atoms with van der Waals surface area (Å²) in [5.41, 5.74) is 1.56. The summed E-state index contributed by atoms with van der Waals surface area (Å²) in [6, 6.07) is 3.32. The van der Waals surface area contributed by atoms with Gasteiger partial charge in [-0.3, -0.25) is 4.98 Å². The molecule has 68 valence electrons. The Kier molecular flexibility index (Phi) is 1.33. The van der Waals surface area contributed by atoms with E-state index in [2.05, 4.69) is 15.0 Å². The number of aromatic nitrogens is 3. The van der Waals surface area contributed by atoms with Crippen LogP contribution in [-0.4, -0.2) is 15.0 Å². The lowest BCUT2D eigenvalue weighted by Gasteiger charge is -1.89. The van der Waals surface area contributed by atoms with Crippen LogP contribution in [0.1, 0.15) is 0 Å². The van der Waals surface area contributed by atoms with Crippen LogP contribution >= 0.6 is 0 Å². The van der Waals surface area contributed by atoms with Crippen molar-refractivity contribution in [2.75, 3.05) is 0 Å². The van der Waals surface area contributed by atoms with Gasteiger partial charge in [-0.2, -0.15) is 0 Å². The molecule has 3 nitrogen and oxygen atoms in total. The molecular weight excluding hydrogens is 181 g/mol. The van der Waals surface area contributed by atoms with Crippen LogP contribution in [0.5, 0.6) is 0 Å². The standard InChI is InChI=1S/C10H6FN3/c11-6-3-8-7-1-2-12-5-9(7)14-10(8)13-4-6/h1-5H,(H,13,14). The quantitative estimate of drug-likeness (QED) is 0.586. The number of fused-ring (bicyclic) bond motifs is 3. The van der Waals surface area contributed by atoms with E-state index in [0.717, 1.165) is 16.3 Å². The smallest absolute Gasteiger partial charge is 0.142 e. The third-order valence-corrected chi connectivity index (χ3v) is 2.22. The molecule has 0 aliphatic carbocycles. The Morgan fingerprint density at radius 2 is 2.14 bits per heavy atom. The highest BCUT2D eigenvalue weighted by molar-refractivity contribution is 6.05. The molecule has 0 fully saturated rings. The maximum atomic E-state index is 13.0. The van der Waals surface area contributed by atoms with Crippen LogP contribution in [-0.2, 0) is 0 Å². The minimum absolute atomic E-state index is 0.324. The van der Waals surface area contributed by atoms with E-state index in [1.54, 1.807) is 12.4 Å². The second kappa shape index (κ2) is 2.51. The van der Waals surface area contributed by atoms with Crippen molar-refractivity contribution in [3.63, 3.8) is 0 Å². The predicted molar refractivity (Wildman–Crippen MR) is 51.4 cm³/mol. The zero-order valence-corrected chi connectivity index (χ0v) is 7.16. The van der Waals surface area contributed by atoms with Gasteiger partial charge in [-0.05, 0) is 12.1 Å². The number of rotatable bonds is 0. The van der Waals surface area contributed by atoms with Crippen LogP contribution in [0, 0.1) is 5.82 Å². The zero-order chi connectivity index (χ0) is 9.54. The second-order valence-corrected chi connectivity index (χ2v) is 3.10. The van der Waals surface area contributed by atoms with E-state index < -0.39 is 0 Å². The van der Waals surface area contributed by atoms with Gasteiger partial charge in [0.25, 0.3) is 0 Å². The van der Waals surface area contributed by atoms with E-state index in [4.69, 9.17) is 0 Å². The van der Waals surface area contributed by atoms with Crippen molar-refractivity contribution in [2.24, 2.45) is 0 Å². The van der Waals surface area contributed by atoms with Crippen molar-refractivity contribution in [3.05, 3.63) is 36.5 Å². The minimum atomic E-state index is -0.324. The molecule has 0 aromatic carbocycles. The van der Waals surface area contributed by atoms with Gasteiger partial charge in [-0.15, -0.1) is 0 Å². The Morgan fingerprint density at radius 1 is 1.21 bits per heavy atom. The minimum Gasteiger partial charge on any atom is -0.338 e. The molecule has 3 rings (SSSR count). The largest absolute Gasteiger partial charge is 0.338 e. The van der Waals surface area contributed by atoms with Crippen molar-refractivity contribution in [3.8, 4) is 0 Å². The van der Waals surface area contributed by atoms with Crippen molar-refractivity contribution < 1.29 is 4.39 Å². The Labute approximate surface area is 78.6 Å². The molecule has 0 radical (unpaired) electrons. The van der Waals surface area contributed by atoms with Gasteiger partial charge < -0.3 is 4.98 Å². The van der Waals surface area contributed by atoms with Gasteiger partial charge in [-0.1, -0.05) is 0 Å². The maximum absolute atomic E-state index is 13.0. The first-order valence-corrected chi connectivity index (χ1v) is 4.21. The molecule has 0 bridgehead atoms. The third-order valence-electron chi connectivity index (χ3n) is 2.22. The second-order valence-electron chi connectivity index (χ2n) is 3.10. The van der Waals surface area contributed by atoms with E-state index in [9.17, 15) is 4.39 Å². The lowest BCUT2D eigenvalue weighted by molar-refractivity contribution is 0.624. The van der Waals surface area contributed by atoms with Gasteiger partial charge in [0.2, 0.25) is 0 Å². The highest BCUT2D eigenvalue weighted by Crippen LogP contribution is 2.22. The van der Waals surface area contributed by atoms with Gasteiger partial charge in [0, 0.05) is 17.0 Å². The van der Waals surface area contributed by atoms with Gasteiger partial charge in [-0.25, -0.2) is 9.37 Å². The Bertz CT molecular complexity index is 615. The number of hydrogen-bond acceptors (Lipinski definition) is 2. The zero-order valence-electron chi connectivity index (χ0n) is 7.16. The van der Waals surface area contributed by atoms with E-state index in [1.807, 2.05) is 6.07 Å². The van der Waals surface area contributed by atoms with E-state index in [0.29, 0.717) is 5.65 Å². The summed E-state index contributed by atoms with van der Waals surface area (Å²) in [6.45, 7) is 0. The molecule has 4 heteroatoms. The van der Waals surface area contributed by atoms with Gasteiger partial charge in [0.15, 0.2) is 0 Å². The summed E-state index contributed by atoms with van der Waals surface area (Å²) in [5, 5.41) is 1.74. The highest BCUT2D eigenvalue weighted by Gasteiger charge is 2.05. The van der Waals surface area contributed by atoms with Gasteiger partial charge in [0.1, 0.15) is 11.5 Å².